The quantitative estimate of drug-likeness (QED) is 0.769. The van der Waals surface area contributed by atoms with E-state index in [9.17, 15) is 9.18 Å². The molecular weight excluding hydrogens is 197 g/mol. The Bertz CT molecular complexity index is 328. The van der Waals surface area contributed by atoms with Gasteiger partial charge in [-0.15, -0.1) is 0 Å². The molecule has 1 aromatic carbocycles. The van der Waals surface area contributed by atoms with Gasteiger partial charge in [-0.3, -0.25) is 4.79 Å². The molecular formula is C11H14FNO2. The van der Waals surface area contributed by atoms with Crippen LogP contribution in [0.25, 0.3) is 0 Å². The molecule has 2 N–H and O–H groups in total. The molecule has 1 amide bonds. The highest BCUT2D eigenvalue weighted by Crippen LogP contribution is 2.05. The smallest absolute Gasteiger partial charge is 0.220 e. The predicted octanol–water partition coefficient (Wildman–Crippen LogP) is 1.21. The van der Waals surface area contributed by atoms with Gasteiger partial charge in [0.15, 0.2) is 0 Å². The van der Waals surface area contributed by atoms with Gasteiger partial charge < -0.3 is 10.4 Å². The van der Waals surface area contributed by atoms with Gasteiger partial charge in [0.2, 0.25) is 5.91 Å². The first kappa shape index (κ1) is 11.7. The molecule has 0 aliphatic rings. The SMILES string of the molecule is O=C(CCCO)NCc1ccccc1F. The van der Waals surface area contributed by atoms with Crippen LogP contribution in [-0.2, 0) is 11.3 Å². The van der Waals surface area contributed by atoms with Crippen LogP contribution in [0.3, 0.4) is 0 Å². The van der Waals surface area contributed by atoms with Crippen molar-refractivity contribution >= 4 is 5.91 Å². The normalized spacial score (nSPS) is 10.0. The van der Waals surface area contributed by atoms with Gasteiger partial charge in [0, 0.05) is 25.1 Å². The van der Waals surface area contributed by atoms with E-state index in [-0.39, 0.29) is 31.3 Å². The van der Waals surface area contributed by atoms with Gasteiger partial charge in [-0.2, -0.15) is 0 Å². The number of aliphatic hydroxyl groups is 1. The number of benzene rings is 1. The Hall–Kier alpha value is -1.42. The molecule has 0 saturated carbocycles. The van der Waals surface area contributed by atoms with E-state index < -0.39 is 0 Å². The Labute approximate surface area is 87.9 Å². The van der Waals surface area contributed by atoms with Crippen molar-refractivity contribution in [1.82, 2.24) is 5.32 Å². The summed E-state index contributed by atoms with van der Waals surface area (Å²) in [6, 6.07) is 6.31. The number of amides is 1. The fraction of sp³-hybridized carbons (Fsp3) is 0.364. The fourth-order valence-corrected chi connectivity index (χ4v) is 1.16. The second-order valence-corrected chi connectivity index (χ2v) is 3.20. The van der Waals surface area contributed by atoms with Gasteiger partial charge >= 0.3 is 0 Å². The van der Waals surface area contributed by atoms with Gasteiger partial charge in [0.25, 0.3) is 0 Å². The van der Waals surface area contributed by atoms with Crippen LogP contribution in [0.4, 0.5) is 4.39 Å². The van der Waals surface area contributed by atoms with E-state index in [1.807, 2.05) is 0 Å². The standard InChI is InChI=1S/C11H14FNO2/c12-10-5-2-1-4-9(10)8-13-11(15)6-3-7-14/h1-2,4-5,14H,3,6-8H2,(H,13,15). The fourth-order valence-electron chi connectivity index (χ4n) is 1.16. The third kappa shape index (κ3) is 4.08. The van der Waals surface area contributed by atoms with E-state index in [1.54, 1.807) is 18.2 Å². The van der Waals surface area contributed by atoms with Crippen molar-refractivity contribution < 1.29 is 14.3 Å². The number of nitrogens with one attached hydrogen (secondary N) is 1. The van der Waals surface area contributed by atoms with Gasteiger partial charge in [-0.25, -0.2) is 4.39 Å². The molecule has 82 valence electrons. The van der Waals surface area contributed by atoms with Crippen LogP contribution in [0.5, 0.6) is 0 Å². The molecule has 4 heteroatoms. The number of hydrogen-bond acceptors (Lipinski definition) is 2. The summed E-state index contributed by atoms with van der Waals surface area (Å²) in [6.07, 6.45) is 0.702. The lowest BCUT2D eigenvalue weighted by Gasteiger charge is -2.05. The Kier molecular flexibility index (Phi) is 4.77. The first-order valence-corrected chi connectivity index (χ1v) is 4.85. The summed E-state index contributed by atoms with van der Waals surface area (Å²) in [5.74, 6) is -0.493. The summed E-state index contributed by atoms with van der Waals surface area (Å²) in [6.45, 7) is 0.185. The van der Waals surface area contributed by atoms with Crippen LogP contribution in [0.1, 0.15) is 18.4 Å². The number of halogens is 1. The molecule has 0 heterocycles. The van der Waals surface area contributed by atoms with E-state index in [1.165, 1.54) is 6.07 Å². The maximum Gasteiger partial charge on any atom is 0.220 e. The molecule has 0 saturated heterocycles. The summed E-state index contributed by atoms with van der Waals surface area (Å²) < 4.78 is 13.1. The van der Waals surface area contributed by atoms with Crippen molar-refractivity contribution in [2.24, 2.45) is 0 Å². The Morgan fingerprint density at radius 2 is 2.13 bits per heavy atom. The number of rotatable bonds is 5. The van der Waals surface area contributed by atoms with Crippen molar-refractivity contribution in [3.05, 3.63) is 35.6 Å². The Morgan fingerprint density at radius 1 is 1.40 bits per heavy atom. The highest BCUT2D eigenvalue weighted by molar-refractivity contribution is 5.75. The first-order chi connectivity index (χ1) is 7.24. The maximum absolute atomic E-state index is 13.1. The van der Waals surface area contributed by atoms with Gasteiger partial charge in [0.05, 0.1) is 0 Å². The largest absolute Gasteiger partial charge is 0.396 e. The lowest BCUT2D eigenvalue weighted by Crippen LogP contribution is -2.23. The zero-order chi connectivity index (χ0) is 11.1. The first-order valence-electron chi connectivity index (χ1n) is 4.85. The number of carbonyl (C=O) groups is 1. The van der Waals surface area contributed by atoms with E-state index >= 15 is 0 Å². The maximum atomic E-state index is 13.1. The molecule has 0 aliphatic heterocycles. The average Bonchev–Trinajstić information content (AvgIpc) is 2.25. The lowest BCUT2D eigenvalue weighted by molar-refractivity contribution is -0.121. The van der Waals surface area contributed by atoms with Crippen molar-refractivity contribution in [1.29, 1.82) is 0 Å². The molecule has 0 radical (unpaired) electrons. The van der Waals surface area contributed by atoms with Crippen LogP contribution in [-0.4, -0.2) is 17.6 Å². The van der Waals surface area contributed by atoms with Crippen molar-refractivity contribution in [3.63, 3.8) is 0 Å². The van der Waals surface area contributed by atoms with Gasteiger partial charge in [0.1, 0.15) is 5.82 Å². The van der Waals surface area contributed by atoms with Gasteiger partial charge in [-0.05, 0) is 12.5 Å². The molecule has 1 aromatic rings. The molecule has 0 unspecified atom stereocenters. The third-order valence-corrected chi connectivity index (χ3v) is 2.00. The van der Waals surface area contributed by atoms with Crippen molar-refractivity contribution in [2.75, 3.05) is 6.61 Å². The molecule has 3 nitrogen and oxygen atoms in total. The second-order valence-electron chi connectivity index (χ2n) is 3.20. The Balaban J connectivity index is 2.37. The third-order valence-electron chi connectivity index (χ3n) is 2.00. The van der Waals surface area contributed by atoms with E-state index in [0.717, 1.165) is 0 Å². The monoisotopic (exact) mass is 211 g/mol. The minimum Gasteiger partial charge on any atom is -0.396 e. The van der Waals surface area contributed by atoms with E-state index in [4.69, 9.17) is 5.11 Å². The van der Waals surface area contributed by atoms with E-state index in [2.05, 4.69) is 5.32 Å². The predicted molar refractivity (Wildman–Crippen MR) is 54.6 cm³/mol. The lowest BCUT2D eigenvalue weighted by atomic mass is 10.2. The summed E-state index contributed by atoms with van der Waals surface area (Å²) in [4.78, 5) is 11.1. The second kappa shape index (κ2) is 6.14. The van der Waals surface area contributed by atoms with E-state index in [0.29, 0.717) is 12.0 Å². The van der Waals surface area contributed by atoms with Crippen LogP contribution in [0.2, 0.25) is 0 Å². The average molecular weight is 211 g/mol. The molecule has 0 fully saturated rings. The minimum absolute atomic E-state index is 0.00683. The van der Waals surface area contributed by atoms with Crippen LogP contribution < -0.4 is 5.32 Å². The molecule has 0 spiro atoms. The highest BCUT2D eigenvalue weighted by Gasteiger charge is 2.03. The van der Waals surface area contributed by atoms with Crippen molar-refractivity contribution in [3.8, 4) is 0 Å². The number of hydrogen-bond donors (Lipinski definition) is 2. The highest BCUT2D eigenvalue weighted by atomic mass is 19.1. The molecule has 15 heavy (non-hydrogen) atoms. The minimum atomic E-state index is -0.319. The summed E-state index contributed by atoms with van der Waals surface area (Å²) >= 11 is 0. The molecule has 0 aliphatic carbocycles. The molecule has 0 atom stereocenters. The molecule has 0 bridgehead atoms. The van der Waals surface area contributed by atoms with Gasteiger partial charge in [-0.1, -0.05) is 18.2 Å². The van der Waals surface area contributed by atoms with Crippen LogP contribution in [0, 0.1) is 5.82 Å². The molecule has 0 aromatic heterocycles. The zero-order valence-electron chi connectivity index (χ0n) is 8.37. The summed E-state index contributed by atoms with van der Waals surface area (Å²) in [7, 11) is 0. The van der Waals surface area contributed by atoms with Crippen LogP contribution >= 0.6 is 0 Å². The number of carbonyl (C=O) groups excluding carboxylic acids is 1. The summed E-state index contributed by atoms with van der Waals surface area (Å²) in [5.41, 5.74) is 0.467. The van der Waals surface area contributed by atoms with Crippen LogP contribution in [0.15, 0.2) is 24.3 Å². The Morgan fingerprint density at radius 3 is 2.80 bits per heavy atom. The zero-order valence-corrected chi connectivity index (χ0v) is 8.37. The molecule has 1 rings (SSSR count). The van der Waals surface area contributed by atoms with Crippen molar-refractivity contribution in [2.45, 2.75) is 19.4 Å². The topological polar surface area (TPSA) is 49.3 Å². The summed E-state index contributed by atoms with van der Waals surface area (Å²) in [5, 5.41) is 11.1. The number of aliphatic hydroxyl groups excluding tert-OH is 1.